The molecule has 0 unspecified atom stereocenters. The average molecular weight is 196 g/mol. The molecule has 0 fully saturated rings. The second kappa shape index (κ2) is 6.63. The number of rotatable bonds is 7. The van der Waals surface area contributed by atoms with Crippen LogP contribution in [0.15, 0.2) is 11.6 Å². The molecule has 0 spiro atoms. The predicted octanol–water partition coefficient (Wildman–Crippen LogP) is 3.22. The van der Waals surface area contributed by atoms with E-state index in [0.717, 1.165) is 6.42 Å². The second-order valence-corrected chi connectivity index (χ2v) is 3.93. The summed E-state index contributed by atoms with van der Waals surface area (Å²) in [7, 11) is 0. The molecule has 80 valence electrons. The number of cyclic esters (lactones) is 1. The number of hydrogen-bond acceptors (Lipinski definition) is 2. The lowest BCUT2D eigenvalue weighted by Crippen LogP contribution is -1.91. The molecule has 0 amide bonds. The highest BCUT2D eigenvalue weighted by Gasteiger charge is 2.11. The number of esters is 1. The quantitative estimate of drug-likeness (QED) is 0.461. The molecule has 1 rings (SSSR count). The number of ether oxygens (including phenoxy) is 1. The van der Waals surface area contributed by atoms with Crippen LogP contribution in [0.1, 0.15) is 51.9 Å². The van der Waals surface area contributed by atoms with Gasteiger partial charge in [-0.05, 0) is 18.4 Å². The number of carbonyl (C=O) groups is 1. The summed E-state index contributed by atoms with van der Waals surface area (Å²) in [4.78, 5) is 10.7. The lowest BCUT2D eigenvalue weighted by atomic mass is 10.1. The van der Waals surface area contributed by atoms with Gasteiger partial charge >= 0.3 is 5.97 Å². The van der Waals surface area contributed by atoms with E-state index < -0.39 is 0 Å². The van der Waals surface area contributed by atoms with Crippen LogP contribution in [0, 0.1) is 0 Å². The number of carbonyl (C=O) groups excluding carboxylic acids is 1. The zero-order chi connectivity index (χ0) is 10.2. The molecule has 0 aromatic heterocycles. The summed E-state index contributed by atoms with van der Waals surface area (Å²) in [6, 6.07) is 0. The topological polar surface area (TPSA) is 26.3 Å². The maximum absolute atomic E-state index is 10.7. The molecule has 0 aliphatic carbocycles. The SMILES string of the molecule is CCCCCCCCC1=CC(=O)OC1. The Labute approximate surface area is 86.3 Å². The molecule has 1 heterocycles. The van der Waals surface area contributed by atoms with E-state index >= 15 is 0 Å². The minimum atomic E-state index is -0.161. The second-order valence-electron chi connectivity index (χ2n) is 3.93. The fraction of sp³-hybridized carbons (Fsp3) is 0.750. The van der Waals surface area contributed by atoms with Gasteiger partial charge < -0.3 is 4.74 Å². The largest absolute Gasteiger partial charge is 0.458 e. The van der Waals surface area contributed by atoms with Crippen molar-refractivity contribution in [3.8, 4) is 0 Å². The fourth-order valence-electron chi connectivity index (χ4n) is 1.69. The Hall–Kier alpha value is -0.790. The third kappa shape index (κ3) is 4.45. The number of hydrogen-bond donors (Lipinski definition) is 0. The summed E-state index contributed by atoms with van der Waals surface area (Å²) in [5.41, 5.74) is 1.17. The van der Waals surface area contributed by atoms with Gasteiger partial charge in [-0.25, -0.2) is 4.79 Å². The summed E-state index contributed by atoms with van der Waals surface area (Å²) in [5, 5.41) is 0. The van der Waals surface area contributed by atoms with Crippen LogP contribution in [0.3, 0.4) is 0 Å². The van der Waals surface area contributed by atoms with Crippen LogP contribution in [0.5, 0.6) is 0 Å². The van der Waals surface area contributed by atoms with Crippen LogP contribution in [-0.2, 0) is 9.53 Å². The summed E-state index contributed by atoms with van der Waals surface area (Å²) in [6.07, 6.45) is 10.5. The monoisotopic (exact) mass is 196 g/mol. The highest BCUT2D eigenvalue weighted by Crippen LogP contribution is 2.15. The summed E-state index contributed by atoms with van der Waals surface area (Å²) < 4.78 is 4.83. The molecular formula is C12H20O2. The molecular weight excluding hydrogens is 176 g/mol. The smallest absolute Gasteiger partial charge is 0.331 e. The summed E-state index contributed by atoms with van der Waals surface area (Å²) in [5.74, 6) is -0.161. The Morgan fingerprint density at radius 2 is 1.93 bits per heavy atom. The predicted molar refractivity (Wildman–Crippen MR) is 57.0 cm³/mol. The van der Waals surface area contributed by atoms with E-state index in [9.17, 15) is 4.79 Å². The Morgan fingerprint density at radius 3 is 2.57 bits per heavy atom. The fourth-order valence-corrected chi connectivity index (χ4v) is 1.69. The molecule has 2 heteroatoms. The lowest BCUT2D eigenvalue weighted by molar-refractivity contribution is -0.134. The van der Waals surface area contributed by atoms with Crippen LogP contribution in [0.25, 0.3) is 0 Å². The minimum Gasteiger partial charge on any atom is -0.458 e. The molecule has 14 heavy (non-hydrogen) atoms. The van der Waals surface area contributed by atoms with Crippen LogP contribution in [0.4, 0.5) is 0 Å². The van der Waals surface area contributed by atoms with Crippen molar-refractivity contribution < 1.29 is 9.53 Å². The minimum absolute atomic E-state index is 0.161. The van der Waals surface area contributed by atoms with Crippen LogP contribution in [-0.4, -0.2) is 12.6 Å². The lowest BCUT2D eigenvalue weighted by Gasteiger charge is -2.00. The third-order valence-electron chi connectivity index (χ3n) is 2.57. The van der Waals surface area contributed by atoms with Crippen molar-refractivity contribution in [3.05, 3.63) is 11.6 Å². The van der Waals surface area contributed by atoms with Crippen LogP contribution >= 0.6 is 0 Å². The van der Waals surface area contributed by atoms with Crippen molar-refractivity contribution in [2.24, 2.45) is 0 Å². The van der Waals surface area contributed by atoms with Gasteiger partial charge in [-0.3, -0.25) is 0 Å². The molecule has 1 aliphatic heterocycles. The normalized spacial score (nSPS) is 15.5. The van der Waals surface area contributed by atoms with E-state index in [1.54, 1.807) is 6.08 Å². The van der Waals surface area contributed by atoms with Gasteiger partial charge in [0, 0.05) is 6.08 Å². The maximum atomic E-state index is 10.7. The van der Waals surface area contributed by atoms with Crippen molar-refractivity contribution in [2.45, 2.75) is 51.9 Å². The van der Waals surface area contributed by atoms with E-state index in [-0.39, 0.29) is 5.97 Å². The van der Waals surface area contributed by atoms with E-state index in [4.69, 9.17) is 4.74 Å². The first kappa shape index (κ1) is 11.3. The first-order valence-electron chi connectivity index (χ1n) is 5.69. The van der Waals surface area contributed by atoms with Crippen LogP contribution < -0.4 is 0 Å². The molecule has 0 saturated carbocycles. The van der Waals surface area contributed by atoms with Crippen molar-refractivity contribution in [3.63, 3.8) is 0 Å². The van der Waals surface area contributed by atoms with Crippen molar-refractivity contribution in [1.29, 1.82) is 0 Å². The zero-order valence-electron chi connectivity index (χ0n) is 9.05. The summed E-state index contributed by atoms with van der Waals surface area (Å²) in [6.45, 7) is 2.76. The van der Waals surface area contributed by atoms with Crippen LogP contribution in [0.2, 0.25) is 0 Å². The highest BCUT2D eigenvalue weighted by atomic mass is 16.5. The van der Waals surface area contributed by atoms with E-state index in [0.29, 0.717) is 6.61 Å². The highest BCUT2D eigenvalue weighted by molar-refractivity contribution is 5.85. The van der Waals surface area contributed by atoms with Gasteiger partial charge in [0.15, 0.2) is 0 Å². The van der Waals surface area contributed by atoms with Gasteiger partial charge in [0.25, 0.3) is 0 Å². The Balaban J connectivity index is 1.94. The van der Waals surface area contributed by atoms with Crippen molar-refractivity contribution >= 4 is 5.97 Å². The Morgan fingerprint density at radius 1 is 1.21 bits per heavy atom. The van der Waals surface area contributed by atoms with Gasteiger partial charge in [0.05, 0.1) is 0 Å². The van der Waals surface area contributed by atoms with Gasteiger partial charge in [-0.15, -0.1) is 0 Å². The van der Waals surface area contributed by atoms with Gasteiger partial charge in [-0.1, -0.05) is 39.0 Å². The van der Waals surface area contributed by atoms with Crippen molar-refractivity contribution in [1.82, 2.24) is 0 Å². The van der Waals surface area contributed by atoms with Gasteiger partial charge in [-0.2, -0.15) is 0 Å². The van der Waals surface area contributed by atoms with Gasteiger partial charge in [0.2, 0.25) is 0 Å². The molecule has 0 bridgehead atoms. The third-order valence-corrected chi connectivity index (χ3v) is 2.57. The molecule has 0 saturated heterocycles. The average Bonchev–Trinajstić information content (AvgIpc) is 2.58. The zero-order valence-corrected chi connectivity index (χ0v) is 9.05. The molecule has 0 aromatic carbocycles. The first-order chi connectivity index (χ1) is 6.83. The number of unbranched alkanes of at least 4 members (excludes halogenated alkanes) is 5. The maximum Gasteiger partial charge on any atom is 0.331 e. The first-order valence-corrected chi connectivity index (χ1v) is 5.69. The molecule has 0 atom stereocenters. The van der Waals surface area contributed by atoms with E-state index in [2.05, 4.69) is 6.92 Å². The van der Waals surface area contributed by atoms with Gasteiger partial charge in [0.1, 0.15) is 6.61 Å². The standard InChI is InChI=1S/C12H20O2/c1-2-3-4-5-6-7-8-11-9-12(13)14-10-11/h9H,2-8,10H2,1H3. The van der Waals surface area contributed by atoms with E-state index in [1.807, 2.05) is 0 Å². The van der Waals surface area contributed by atoms with E-state index in [1.165, 1.54) is 44.1 Å². The molecule has 2 nitrogen and oxygen atoms in total. The Bertz CT molecular complexity index is 206. The molecule has 0 radical (unpaired) electrons. The molecule has 0 aromatic rings. The molecule has 1 aliphatic rings. The van der Waals surface area contributed by atoms with Crippen molar-refractivity contribution in [2.75, 3.05) is 6.61 Å². The Kier molecular flexibility index (Phi) is 5.35. The summed E-state index contributed by atoms with van der Waals surface area (Å²) >= 11 is 0. The molecule has 0 N–H and O–H groups in total.